The zero-order valence-corrected chi connectivity index (χ0v) is 12.8. The number of aryl methyl sites for hydroxylation is 1. The number of benzene rings is 1. The third-order valence-electron chi connectivity index (χ3n) is 4.04. The van der Waals surface area contributed by atoms with E-state index in [9.17, 15) is 9.18 Å². The standard InChI is InChI=1S/C16H18FN3O2/c1-10-6-12(4-5-13(10)17)9-22-14-7-15-19(3)11(2)8-20(15)16(21)18-14/h4-7,11H,8-9H2,1-3H3. The van der Waals surface area contributed by atoms with Crippen molar-refractivity contribution in [3.8, 4) is 5.88 Å². The highest BCUT2D eigenvalue weighted by Crippen LogP contribution is 2.24. The van der Waals surface area contributed by atoms with Crippen LogP contribution in [-0.4, -0.2) is 22.6 Å². The molecule has 6 heteroatoms. The number of hydrogen-bond donors (Lipinski definition) is 0. The first-order valence-electron chi connectivity index (χ1n) is 7.18. The molecule has 0 N–H and O–H groups in total. The van der Waals surface area contributed by atoms with Crippen LogP contribution in [0.4, 0.5) is 10.2 Å². The molecular formula is C16H18FN3O2. The Bertz CT molecular complexity index is 772. The van der Waals surface area contributed by atoms with Gasteiger partial charge in [-0.3, -0.25) is 4.57 Å². The molecule has 0 bridgehead atoms. The van der Waals surface area contributed by atoms with Gasteiger partial charge in [0.15, 0.2) is 0 Å². The van der Waals surface area contributed by atoms with Gasteiger partial charge in [-0.2, -0.15) is 4.98 Å². The average Bonchev–Trinajstić information content (AvgIpc) is 2.77. The third-order valence-corrected chi connectivity index (χ3v) is 4.04. The molecule has 22 heavy (non-hydrogen) atoms. The van der Waals surface area contributed by atoms with Gasteiger partial charge in [-0.05, 0) is 37.1 Å². The molecule has 2 aromatic rings. The summed E-state index contributed by atoms with van der Waals surface area (Å²) >= 11 is 0. The van der Waals surface area contributed by atoms with Gasteiger partial charge in [0.1, 0.15) is 18.2 Å². The normalized spacial score (nSPS) is 16.7. The molecule has 1 atom stereocenters. The van der Waals surface area contributed by atoms with Crippen LogP contribution in [0.2, 0.25) is 0 Å². The molecule has 0 fully saturated rings. The monoisotopic (exact) mass is 303 g/mol. The summed E-state index contributed by atoms with van der Waals surface area (Å²) in [7, 11) is 1.94. The fraction of sp³-hybridized carbons (Fsp3) is 0.375. The largest absolute Gasteiger partial charge is 0.473 e. The summed E-state index contributed by atoms with van der Waals surface area (Å²) in [5, 5.41) is 0. The Labute approximate surface area is 128 Å². The highest BCUT2D eigenvalue weighted by Gasteiger charge is 2.25. The second-order valence-corrected chi connectivity index (χ2v) is 5.68. The van der Waals surface area contributed by atoms with E-state index in [1.54, 1.807) is 29.7 Å². The van der Waals surface area contributed by atoms with Gasteiger partial charge in [0.25, 0.3) is 0 Å². The van der Waals surface area contributed by atoms with E-state index in [0.717, 1.165) is 11.4 Å². The number of rotatable bonds is 3. The van der Waals surface area contributed by atoms with Gasteiger partial charge in [-0.25, -0.2) is 9.18 Å². The topological polar surface area (TPSA) is 47.4 Å². The maximum atomic E-state index is 13.2. The van der Waals surface area contributed by atoms with E-state index in [-0.39, 0.29) is 24.2 Å². The second kappa shape index (κ2) is 5.44. The lowest BCUT2D eigenvalue weighted by Gasteiger charge is -2.16. The number of ether oxygens (including phenoxy) is 1. The first kappa shape index (κ1) is 14.6. The van der Waals surface area contributed by atoms with Crippen LogP contribution >= 0.6 is 0 Å². The van der Waals surface area contributed by atoms with Crippen molar-refractivity contribution in [2.75, 3.05) is 11.9 Å². The van der Waals surface area contributed by atoms with E-state index in [4.69, 9.17) is 4.74 Å². The zero-order valence-electron chi connectivity index (χ0n) is 12.8. The lowest BCUT2D eigenvalue weighted by molar-refractivity contribution is 0.291. The molecule has 3 rings (SSSR count). The van der Waals surface area contributed by atoms with Gasteiger partial charge < -0.3 is 9.64 Å². The van der Waals surface area contributed by atoms with E-state index in [2.05, 4.69) is 4.98 Å². The molecule has 1 aliphatic rings. The van der Waals surface area contributed by atoms with Gasteiger partial charge in [0.05, 0.1) is 0 Å². The number of hydrogen-bond acceptors (Lipinski definition) is 4. The molecule has 1 aliphatic heterocycles. The lowest BCUT2D eigenvalue weighted by Crippen LogP contribution is -2.23. The maximum Gasteiger partial charge on any atom is 0.352 e. The molecule has 0 radical (unpaired) electrons. The minimum Gasteiger partial charge on any atom is -0.473 e. The Morgan fingerprint density at radius 2 is 2.18 bits per heavy atom. The van der Waals surface area contributed by atoms with Crippen LogP contribution in [0.15, 0.2) is 29.1 Å². The molecule has 1 aromatic carbocycles. The first-order valence-corrected chi connectivity index (χ1v) is 7.18. The summed E-state index contributed by atoms with van der Waals surface area (Å²) in [4.78, 5) is 18.0. The Kier molecular flexibility index (Phi) is 3.60. The van der Waals surface area contributed by atoms with E-state index < -0.39 is 0 Å². The number of anilines is 1. The molecular weight excluding hydrogens is 285 g/mol. The number of halogens is 1. The predicted molar refractivity (Wildman–Crippen MR) is 81.8 cm³/mol. The van der Waals surface area contributed by atoms with Gasteiger partial charge in [-0.1, -0.05) is 6.07 Å². The Hall–Kier alpha value is -2.37. The minimum atomic E-state index is -0.306. The summed E-state index contributed by atoms with van der Waals surface area (Å²) in [6.45, 7) is 4.63. The molecule has 1 unspecified atom stereocenters. The fourth-order valence-electron chi connectivity index (χ4n) is 2.58. The summed E-state index contributed by atoms with van der Waals surface area (Å²) in [5.41, 5.74) is 1.10. The summed E-state index contributed by atoms with van der Waals surface area (Å²) in [5.74, 6) is 0.852. The van der Waals surface area contributed by atoms with E-state index in [1.807, 2.05) is 18.9 Å². The molecule has 1 aromatic heterocycles. The van der Waals surface area contributed by atoms with E-state index in [1.165, 1.54) is 6.07 Å². The van der Waals surface area contributed by atoms with E-state index >= 15 is 0 Å². The molecule has 0 aliphatic carbocycles. The highest BCUT2D eigenvalue weighted by atomic mass is 19.1. The van der Waals surface area contributed by atoms with Crippen molar-refractivity contribution in [2.45, 2.75) is 33.0 Å². The number of nitrogens with zero attached hydrogens (tertiary/aromatic N) is 3. The van der Waals surface area contributed by atoms with Crippen LogP contribution < -0.4 is 15.3 Å². The van der Waals surface area contributed by atoms with Crippen molar-refractivity contribution >= 4 is 5.82 Å². The first-order chi connectivity index (χ1) is 10.5. The molecule has 2 heterocycles. The Balaban J connectivity index is 1.81. The Morgan fingerprint density at radius 3 is 2.91 bits per heavy atom. The van der Waals surface area contributed by atoms with Crippen LogP contribution in [0.3, 0.4) is 0 Å². The third kappa shape index (κ3) is 2.56. The van der Waals surface area contributed by atoms with Crippen LogP contribution in [0, 0.1) is 12.7 Å². The maximum absolute atomic E-state index is 13.2. The lowest BCUT2D eigenvalue weighted by atomic mass is 10.1. The predicted octanol–water partition coefficient (Wildman–Crippen LogP) is 2.11. The molecule has 5 nitrogen and oxygen atoms in total. The van der Waals surface area contributed by atoms with Crippen molar-refractivity contribution in [1.29, 1.82) is 0 Å². The quantitative estimate of drug-likeness (QED) is 0.871. The highest BCUT2D eigenvalue weighted by molar-refractivity contribution is 5.45. The fourth-order valence-corrected chi connectivity index (χ4v) is 2.58. The van der Waals surface area contributed by atoms with Crippen LogP contribution in [0.5, 0.6) is 5.88 Å². The number of fused-ring (bicyclic) bond motifs is 1. The second-order valence-electron chi connectivity index (χ2n) is 5.68. The summed E-state index contributed by atoms with van der Waals surface area (Å²) in [6, 6.07) is 6.82. The Morgan fingerprint density at radius 1 is 1.41 bits per heavy atom. The average molecular weight is 303 g/mol. The smallest absolute Gasteiger partial charge is 0.352 e. The van der Waals surface area contributed by atoms with Crippen LogP contribution in [0.25, 0.3) is 0 Å². The van der Waals surface area contributed by atoms with Crippen LogP contribution in [0.1, 0.15) is 18.1 Å². The summed E-state index contributed by atoms with van der Waals surface area (Å²) in [6.07, 6.45) is 0. The van der Waals surface area contributed by atoms with Gasteiger partial charge in [0, 0.05) is 25.7 Å². The molecule has 0 spiro atoms. The van der Waals surface area contributed by atoms with Crippen LogP contribution in [-0.2, 0) is 13.2 Å². The summed E-state index contributed by atoms with van der Waals surface area (Å²) < 4.78 is 20.5. The molecule has 0 amide bonds. The number of likely N-dealkylation sites (N-methyl/N-ethyl adjacent to an activating group) is 1. The van der Waals surface area contributed by atoms with Gasteiger partial charge in [0.2, 0.25) is 5.88 Å². The molecule has 116 valence electrons. The zero-order chi connectivity index (χ0) is 15.9. The molecule has 0 saturated heterocycles. The van der Waals surface area contributed by atoms with Crippen molar-refractivity contribution in [1.82, 2.24) is 9.55 Å². The van der Waals surface area contributed by atoms with Crippen molar-refractivity contribution in [3.05, 3.63) is 51.7 Å². The van der Waals surface area contributed by atoms with Gasteiger partial charge >= 0.3 is 5.69 Å². The van der Waals surface area contributed by atoms with Gasteiger partial charge in [-0.15, -0.1) is 0 Å². The van der Waals surface area contributed by atoms with Crippen molar-refractivity contribution in [2.24, 2.45) is 0 Å². The SMILES string of the molecule is Cc1cc(COc2cc3n(c(=O)n2)CC(C)N3C)ccc1F. The minimum absolute atomic E-state index is 0.242. The van der Waals surface area contributed by atoms with Crippen molar-refractivity contribution < 1.29 is 9.13 Å². The van der Waals surface area contributed by atoms with E-state index in [0.29, 0.717) is 18.0 Å². The number of aromatic nitrogens is 2. The van der Waals surface area contributed by atoms with Crippen molar-refractivity contribution in [3.63, 3.8) is 0 Å². The molecule has 0 saturated carbocycles.